The molecule has 1 aliphatic heterocycles. The second-order valence-electron chi connectivity index (χ2n) is 7.61. The number of carbonyl (C=O) groups excluding carboxylic acids is 1. The van der Waals surface area contributed by atoms with Gasteiger partial charge in [0.05, 0.1) is 18.2 Å². The van der Waals surface area contributed by atoms with Crippen LogP contribution >= 0.6 is 15.9 Å². The van der Waals surface area contributed by atoms with Crippen LogP contribution in [0.4, 0.5) is 5.69 Å². The number of nitrogens with zero attached hydrogens (tertiary/aromatic N) is 2. The lowest BCUT2D eigenvalue weighted by atomic mass is 10.2. The number of rotatable bonds is 8. The lowest BCUT2D eigenvalue weighted by Crippen LogP contribution is -2.46. The zero-order valence-corrected chi connectivity index (χ0v) is 21.2. The number of fused-ring (bicyclic) bond motifs is 1. The van der Waals surface area contributed by atoms with Crippen molar-refractivity contribution in [2.45, 2.75) is 13.0 Å². The average molecular weight is 560 g/mol. The third-order valence-electron chi connectivity index (χ3n) is 5.03. The molecule has 0 spiro atoms. The molecule has 0 saturated heterocycles. The van der Waals surface area contributed by atoms with Crippen LogP contribution in [0.5, 0.6) is 23.0 Å². The molecule has 0 bridgehead atoms. The first kappa shape index (κ1) is 24.6. The molecule has 1 aliphatic rings. The topological polar surface area (TPSA) is 107 Å². The highest BCUT2D eigenvalue weighted by Crippen LogP contribution is 2.36. The van der Waals surface area contributed by atoms with Crippen molar-refractivity contribution in [1.82, 2.24) is 5.43 Å². The predicted molar refractivity (Wildman–Crippen MR) is 136 cm³/mol. The van der Waals surface area contributed by atoms with E-state index in [9.17, 15) is 13.2 Å². The molecular formula is C24H22BrN3O6S. The number of benzene rings is 3. The zero-order valence-electron chi connectivity index (χ0n) is 18.8. The molecule has 3 aromatic rings. The van der Waals surface area contributed by atoms with E-state index in [0.717, 1.165) is 10.6 Å². The van der Waals surface area contributed by atoms with Crippen LogP contribution in [-0.2, 0) is 14.8 Å². The zero-order chi connectivity index (χ0) is 25.0. The van der Waals surface area contributed by atoms with E-state index in [1.165, 1.54) is 13.1 Å². The molecule has 0 radical (unpaired) electrons. The van der Waals surface area contributed by atoms with Gasteiger partial charge in [0.25, 0.3) is 5.91 Å². The van der Waals surface area contributed by atoms with Gasteiger partial charge in [-0.05, 0) is 71.4 Å². The van der Waals surface area contributed by atoms with Crippen LogP contribution in [0.25, 0.3) is 0 Å². The van der Waals surface area contributed by atoms with Crippen LogP contribution in [0.1, 0.15) is 12.5 Å². The van der Waals surface area contributed by atoms with Crippen LogP contribution in [0.2, 0.25) is 0 Å². The summed E-state index contributed by atoms with van der Waals surface area (Å²) in [4.78, 5) is 12.8. The van der Waals surface area contributed by atoms with Gasteiger partial charge in [0.15, 0.2) is 11.5 Å². The van der Waals surface area contributed by atoms with Crippen molar-refractivity contribution >= 4 is 43.8 Å². The van der Waals surface area contributed by atoms with E-state index in [0.29, 0.717) is 38.7 Å². The van der Waals surface area contributed by atoms with E-state index in [4.69, 9.17) is 14.2 Å². The smallest absolute Gasteiger partial charge is 0.263 e. The Kier molecular flexibility index (Phi) is 7.27. The molecule has 182 valence electrons. The number of para-hydroxylation sites is 1. The van der Waals surface area contributed by atoms with Crippen molar-refractivity contribution in [2.75, 3.05) is 17.4 Å². The number of amides is 1. The fourth-order valence-electron chi connectivity index (χ4n) is 3.39. The molecule has 1 N–H and O–H groups in total. The Balaban J connectivity index is 1.46. The van der Waals surface area contributed by atoms with E-state index < -0.39 is 22.0 Å². The van der Waals surface area contributed by atoms with Gasteiger partial charge in [-0.25, -0.2) is 13.8 Å². The number of anilines is 1. The van der Waals surface area contributed by atoms with Crippen molar-refractivity contribution in [3.05, 3.63) is 76.8 Å². The first-order chi connectivity index (χ1) is 16.7. The molecule has 1 amide bonds. The SMILES string of the molecule is C[C@H](C(=O)N/N=C\c1cc2c(cc1Br)OCO2)N(c1ccc(Oc2ccccc2)cc1)S(C)(=O)=O. The summed E-state index contributed by atoms with van der Waals surface area (Å²) < 4.78 is 43.2. The van der Waals surface area contributed by atoms with Crippen molar-refractivity contribution in [2.24, 2.45) is 5.10 Å². The fourth-order valence-corrected chi connectivity index (χ4v) is 4.98. The maximum atomic E-state index is 12.8. The highest BCUT2D eigenvalue weighted by atomic mass is 79.9. The van der Waals surface area contributed by atoms with Crippen molar-refractivity contribution < 1.29 is 27.4 Å². The summed E-state index contributed by atoms with van der Waals surface area (Å²) in [6.07, 6.45) is 2.47. The number of hydrogen-bond acceptors (Lipinski definition) is 7. The second kappa shape index (κ2) is 10.4. The van der Waals surface area contributed by atoms with Gasteiger partial charge in [-0.15, -0.1) is 0 Å². The third-order valence-corrected chi connectivity index (χ3v) is 6.96. The Morgan fingerprint density at radius 3 is 2.37 bits per heavy atom. The Morgan fingerprint density at radius 2 is 1.71 bits per heavy atom. The molecule has 35 heavy (non-hydrogen) atoms. The van der Waals surface area contributed by atoms with E-state index in [-0.39, 0.29) is 6.79 Å². The van der Waals surface area contributed by atoms with Crippen molar-refractivity contribution in [3.8, 4) is 23.0 Å². The Labute approximate surface area is 211 Å². The molecule has 0 fully saturated rings. The lowest BCUT2D eigenvalue weighted by Gasteiger charge is -2.27. The summed E-state index contributed by atoms with van der Waals surface area (Å²) in [5.74, 6) is 1.76. The number of hydrazone groups is 1. The minimum Gasteiger partial charge on any atom is -0.457 e. The molecule has 0 saturated carbocycles. The van der Waals surface area contributed by atoms with Gasteiger partial charge < -0.3 is 14.2 Å². The Bertz CT molecular complexity index is 1350. The number of halogens is 1. The first-order valence-electron chi connectivity index (χ1n) is 10.5. The van der Waals surface area contributed by atoms with Crippen molar-refractivity contribution in [1.29, 1.82) is 0 Å². The van der Waals surface area contributed by atoms with Gasteiger partial charge in [-0.2, -0.15) is 5.10 Å². The van der Waals surface area contributed by atoms with Crippen LogP contribution < -0.4 is 23.9 Å². The molecule has 4 rings (SSSR count). The summed E-state index contributed by atoms with van der Waals surface area (Å²) in [6, 6.07) is 18.0. The Hall–Kier alpha value is -3.57. The molecule has 3 aromatic carbocycles. The molecule has 0 aromatic heterocycles. The summed E-state index contributed by atoms with van der Waals surface area (Å²) >= 11 is 3.42. The van der Waals surface area contributed by atoms with E-state index in [2.05, 4.69) is 26.5 Å². The first-order valence-corrected chi connectivity index (χ1v) is 13.1. The second-order valence-corrected chi connectivity index (χ2v) is 10.3. The maximum Gasteiger partial charge on any atom is 0.263 e. The van der Waals surface area contributed by atoms with Gasteiger partial charge in [-0.3, -0.25) is 9.10 Å². The minimum absolute atomic E-state index is 0.136. The largest absolute Gasteiger partial charge is 0.457 e. The Morgan fingerprint density at radius 1 is 1.09 bits per heavy atom. The lowest BCUT2D eigenvalue weighted by molar-refractivity contribution is -0.121. The van der Waals surface area contributed by atoms with E-state index in [1.807, 2.05) is 30.3 Å². The van der Waals surface area contributed by atoms with Crippen LogP contribution in [0, 0.1) is 0 Å². The maximum absolute atomic E-state index is 12.8. The van der Waals surface area contributed by atoms with Crippen LogP contribution in [0.3, 0.4) is 0 Å². The van der Waals surface area contributed by atoms with Crippen LogP contribution in [0.15, 0.2) is 76.3 Å². The molecule has 1 heterocycles. The summed E-state index contributed by atoms with van der Waals surface area (Å²) in [6.45, 7) is 1.62. The van der Waals surface area contributed by atoms with Gasteiger partial charge >= 0.3 is 0 Å². The monoisotopic (exact) mass is 559 g/mol. The normalized spacial score (nSPS) is 13.5. The quantitative estimate of drug-likeness (QED) is 0.326. The average Bonchev–Trinajstić information content (AvgIpc) is 3.27. The number of carbonyl (C=O) groups is 1. The predicted octanol–water partition coefficient (Wildman–Crippen LogP) is 4.27. The van der Waals surface area contributed by atoms with Crippen LogP contribution in [-0.4, -0.2) is 39.6 Å². The van der Waals surface area contributed by atoms with Crippen molar-refractivity contribution in [3.63, 3.8) is 0 Å². The summed E-state index contributed by atoms with van der Waals surface area (Å²) in [5.41, 5.74) is 3.37. The van der Waals surface area contributed by atoms with Gasteiger partial charge in [0, 0.05) is 10.0 Å². The third kappa shape index (κ3) is 5.92. The highest BCUT2D eigenvalue weighted by Gasteiger charge is 2.29. The molecule has 0 unspecified atom stereocenters. The van der Waals surface area contributed by atoms with Gasteiger partial charge in [0.1, 0.15) is 17.5 Å². The van der Waals surface area contributed by atoms with Gasteiger partial charge in [0.2, 0.25) is 16.8 Å². The van der Waals surface area contributed by atoms with E-state index >= 15 is 0 Å². The summed E-state index contributed by atoms with van der Waals surface area (Å²) in [7, 11) is -3.78. The minimum atomic E-state index is -3.78. The number of ether oxygens (including phenoxy) is 3. The van der Waals surface area contributed by atoms with Gasteiger partial charge in [-0.1, -0.05) is 18.2 Å². The molecule has 1 atom stereocenters. The molecule has 9 nitrogen and oxygen atoms in total. The fraction of sp³-hybridized carbons (Fsp3) is 0.167. The standard InChI is InChI=1S/C24H22BrN3O6S/c1-16(24(29)27-26-14-17-12-22-23(13-21(17)25)33-15-32-22)28(35(2,30)31)18-8-10-20(11-9-18)34-19-6-4-3-5-7-19/h3-14,16H,15H2,1-2H3,(H,27,29)/b26-14-/t16-/m1/s1. The molecule has 11 heteroatoms. The number of hydrogen-bond donors (Lipinski definition) is 1. The number of nitrogens with one attached hydrogen (secondary N) is 1. The molecule has 0 aliphatic carbocycles. The molecular weight excluding hydrogens is 538 g/mol. The number of sulfonamides is 1. The van der Waals surface area contributed by atoms with E-state index in [1.54, 1.807) is 36.4 Å². The highest BCUT2D eigenvalue weighted by molar-refractivity contribution is 9.10. The summed E-state index contributed by atoms with van der Waals surface area (Å²) in [5, 5.41) is 3.98.